The molecule has 2 aromatic carbocycles. The fourth-order valence-corrected chi connectivity index (χ4v) is 2.56. The zero-order chi connectivity index (χ0) is 17.0. The van der Waals surface area contributed by atoms with Crippen molar-refractivity contribution in [2.75, 3.05) is 14.2 Å². The van der Waals surface area contributed by atoms with Gasteiger partial charge in [-0.05, 0) is 31.0 Å². The molecular formula is C19H24N2O2. The lowest BCUT2D eigenvalue weighted by atomic mass is 10.00. The summed E-state index contributed by atoms with van der Waals surface area (Å²) in [5.74, 6) is 0.781. The standard InChI is InChI=1S/C19H24N2O2/c1-13(20)19(22)21(3)14(2)15-9-11-16(12-10-15)17-7-5-6-8-18(17)23-4/h5-14H,20H2,1-4H3/t13-,14?/m0/s1. The molecule has 0 saturated heterocycles. The van der Waals surface area contributed by atoms with Gasteiger partial charge >= 0.3 is 0 Å². The van der Waals surface area contributed by atoms with E-state index in [9.17, 15) is 4.79 Å². The van der Waals surface area contributed by atoms with Crippen LogP contribution in [-0.4, -0.2) is 31.0 Å². The first-order chi connectivity index (χ1) is 11.0. The highest BCUT2D eigenvalue weighted by atomic mass is 16.5. The molecule has 0 saturated carbocycles. The Balaban J connectivity index is 2.24. The summed E-state index contributed by atoms with van der Waals surface area (Å²) in [6.07, 6.45) is 0. The lowest BCUT2D eigenvalue weighted by molar-refractivity contribution is -0.132. The Labute approximate surface area is 137 Å². The van der Waals surface area contributed by atoms with Crippen LogP contribution in [0.5, 0.6) is 5.75 Å². The second-order valence-electron chi connectivity index (χ2n) is 5.74. The van der Waals surface area contributed by atoms with Gasteiger partial charge in [-0.25, -0.2) is 0 Å². The van der Waals surface area contributed by atoms with Crippen LogP contribution in [0, 0.1) is 0 Å². The predicted molar refractivity (Wildman–Crippen MR) is 93.3 cm³/mol. The smallest absolute Gasteiger partial charge is 0.239 e. The van der Waals surface area contributed by atoms with E-state index in [0.717, 1.165) is 22.4 Å². The molecule has 2 rings (SSSR count). The van der Waals surface area contributed by atoms with Gasteiger partial charge in [0, 0.05) is 12.6 Å². The van der Waals surface area contributed by atoms with Crippen LogP contribution in [-0.2, 0) is 4.79 Å². The molecule has 0 fully saturated rings. The summed E-state index contributed by atoms with van der Waals surface area (Å²) in [5.41, 5.74) is 8.88. The fraction of sp³-hybridized carbons (Fsp3) is 0.316. The molecule has 4 heteroatoms. The van der Waals surface area contributed by atoms with Crippen molar-refractivity contribution in [2.45, 2.75) is 25.9 Å². The van der Waals surface area contributed by atoms with E-state index in [0.29, 0.717) is 0 Å². The van der Waals surface area contributed by atoms with Gasteiger partial charge in [-0.15, -0.1) is 0 Å². The first-order valence-corrected chi connectivity index (χ1v) is 7.71. The lowest BCUT2D eigenvalue weighted by Gasteiger charge is -2.27. The highest BCUT2D eigenvalue weighted by Crippen LogP contribution is 2.30. The number of carbonyl (C=O) groups is 1. The van der Waals surface area contributed by atoms with Crippen molar-refractivity contribution in [3.05, 3.63) is 54.1 Å². The van der Waals surface area contributed by atoms with Crippen LogP contribution in [0.25, 0.3) is 11.1 Å². The van der Waals surface area contributed by atoms with Crippen molar-refractivity contribution < 1.29 is 9.53 Å². The van der Waals surface area contributed by atoms with E-state index in [2.05, 4.69) is 0 Å². The van der Waals surface area contributed by atoms with Crippen LogP contribution in [0.3, 0.4) is 0 Å². The number of hydrogen-bond acceptors (Lipinski definition) is 3. The molecule has 0 aliphatic heterocycles. The minimum Gasteiger partial charge on any atom is -0.496 e. The number of methoxy groups -OCH3 is 1. The molecule has 122 valence electrons. The van der Waals surface area contributed by atoms with Crippen LogP contribution in [0.15, 0.2) is 48.5 Å². The molecule has 2 atom stereocenters. The normalized spacial score (nSPS) is 13.3. The van der Waals surface area contributed by atoms with Crippen molar-refractivity contribution in [3.8, 4) is 16.9 Å². The summed E-state index contributed by atoms with van der Waals surface area (Å²) in [6.45, 7) is 3.70. The number of likely N-dealkylation sites (N-methyl/N-ethyl adjacent to an activating group) is 1. The Morgan fingerprint density at radius 1 is 1.09 bits per heavy atom. The van der Waals surface area contributed by atoms with Crippen LogP contribution in [0.2, 0.25) is 0 Å². The molecule has 0 radical (unpaired) electrons. The highest BCUT2D eigenvalue weighted by molar-refractivity contribution is 5.81. The largest absolute Gasteiger partial charge is 0.496 e. The zero-order valence-corrected chi connectivity index (χ0v) is 14.1. The van der Waals surface area contributed by atoms with Gasteiger partial charge < -0.3 is 15.4 Å². The number of nitrogens with two attached hydrogens (primary N) is 1. The Kier molecular flexibility index (Phi) is 5.40. The zero-order valence-electron chi connectivity index (χ0n) is 14.1. The number of ether oxygens (including phenoxy) is 1. The third-order valence-corrected chi connectivity index (χ3v) is 4.13. The maximum Gasteiger partial charge on any atom is 0.239 e. The van der Waals surface area contributed by atoms with Gasteiger partial charge in [0.1, 0.15) is 5.75 Å². The highest BCUT2D eigenvalue weighted by Gasteiger charge is 2.20. The van der Waals surface area contributed by atoms with Gasteiger partial charge in [0.2, 0.25) is 5.91 Å². The van der Waals surface area contributed by atoms with Crippen LogP contribution in [0.4, 0.5) is 0 Å². The third-order valence-electron chi connectivity index (χ3n) is 4.13. The van der Waals surface area contributed by atoms with Gasteiger partial charge in [0.05, 0.1) is 19.2 Å². The van der Waals surface area contributed by atoms with Gasteiger partial charge in [-0.1, -0.05) is 42.5 Å². The molecule has 4 nitrogen and oxygen atoms in total. The molecule has 1 unspecified atom stereocenters. The van der Waals surface area contributed by atoms with Crippen molar-refractivity contribution in [2.24, 2.45) is 5.73 Å². The molecule has 0 aromatic heterocycles. The molecule has 2 N–H and O–H groups in total. The summed E-state index contributed by atoms with van der Waals surface area (Å²) >= 11 is 0. The number of amides is 1. The molecule has 23 heavy (non-hydrogen) atoms. The molecule has 0 heterocycles. The topological polar surface area (TPSA) is 55.6 Å². The second-order valence-corrected chi connectivity index (χ2v) is 5.74. The van der Waals surface area contributed by atoms with Crippen molar-refractivity contribution in [3.63, 3.8) is 0 Å². The van der Waals surface area contributed by atoms with Crippen LogP contribution in [0.1, 0.15) is 25.5 Å². The summed E-state index contributed by atoms with van der Waals surface area (Å²) in [5, 5.41) is 0. The molecule has 0 bridgehead atoms. The van der Waals surface area contributed by atoms with Crippen LogP contribution >= 0.6 is 0 Å². The molecule has 0 aliphatic carbocycles. The van der Waals surface area contributed by atoms with Gasteiger partial charge in [-0.3, -0.25) is 4.79 Å². The van der Waals surface area contributed by atoms with E-state index in [1.807, 2.05) is 55.5 Å². The molecule has 0 aliphatic rings. The van der Waals surface area contributed by atoms with E-state index in [4.69, 9.17) is 10.5 Å². The average Bonchev–Trinajstić information content (AvgIpc) is 2.59. The van der Waals surface area contributed by atoms with Gasteiger partial charge in [0.25, 0.3) is 0 Å². The van der Waals surface area contributed by atoms with Crippen molar-refractivity contribution in [1.29, 1.82) is 0 Å². The van der Waals surface area contributed by atoms with E-state index in [1.165, 1.54) is 0 Å². The Bertz CT molecular complexity index is 665. The molecule has 0 spiro atoms. The van der Waals surface area contributed by atoms with E-state index >= 15 is 0 Å². The first kappa shape index (κ1) is 17.0. The maximum absolute atomic E-state index is 12.0. The Hall–Kier alpha value is -2.33. The fourth-order valence-electron chi connectivity index (χ4n) is 2.56. The van der Waals surface area contributed by atoms with Crippen LogP contribution < -0.4 is 10.5 Å². The van der Waals surface area contributed by atoms with E-state index in [1.54, 1.807) is 26.0 Å². The quantitative estimate of drug-likeness (QED) is 0.922. The number of hydrogen-bond donors (Lipinski definition) is 1. The number of para-hydroxylation sites is 1. The lowest BCUT2D eigenvalue weighted by Crippen LogP contribution is -2.40. The third kappa shape index (κ3) is 3.71. The summed E-state index contributed by atoms with van der Waals surface area (Å²) in [7, 11) is 3.45. The maximum atomic E-state index is 12.0. The average molecular weight is 312 g/mol. The predicted octanol–water partition coefficient (Wildman–Crippen LogP) is 3.23. The van der Waals surface area contributed by atoms with Crippen molar-refractivity contribution >= 4 is 5.91 Å². The molecule has 2 aromatic rings. The second kappa shape index (κ2) is 7.29. The van der Waals surface area contributed by atoms with Gasteiger partial charge in [0.15, 0.2) is 0 Å². The monoisotopic (exact) mass is 312 g/mol. The number of carbonyl (C=O) groups excluding carboxylic acids is 1. The molecular weight excluding hydrogens is 288 g/mol. The Morgan fingerprint density at radius 3 is 2.26 bits per heavy atom. The molecule has 1 amide bonds. The van der Waals surface area contributed by atoms with E-state index in [-0.39, 0.29) is 11.9 Å². The number of nitrogens with zero attached hydrogens (tertiary/aromatic N) is 1. The van der Waals surface area contributed by atoms with E-state index < -0.39 is 6.04 Å². The first-order valence-electron chi connectivity index (χ1n) is 7.71. The SMILES string of the molecule is COc1ccccc1-c1ccc(C(C)N(C)C(=O)[C@H](C)N)cc1. The summed E-state index contributed by atoms with van der Waals surface area (Å²) < 4.78 is 5.41. The van der Waals surface area contributed by atoms with Crippen molar-refractivity contribution in [1.82, 2.24) is 4.90 Å². The minimum absolute atomic E-state index is 0.0276. The minimum atomic E-state index is -0.490. The summed E-state index contributed by atoms with van der Waals surface area (Å²) in [6, 6.07) is 15.6. The number of benzene rings is 2. The van der Waals surface area contributed by atoms with Gasteiger partial charge in [-0.2, -0.15) is 0 Å². The Morgan fingerprint density at radius 2 is 1.70 bits per heavy atom. The number of rotatable bonds is 5. The summed E-state index contributed by atoms with van der Waals surface area (Å²) in [4.78, 5) is 13.7.